The van der Waals surface area contributed by atoms with E-state index in [2.05, 4.69) is 60.6 Å². The van der Waals surface area contributed by atoms with E-state index in [1.165, 1.54) is 25.7 Å². The number of aliphatic hydroxyl groups is 1. The molecule has 7 atom stereocenters. The van der Waals surface area contributed by atoms with Gasteiger partial charge in [0.1, 0.15) is 5.78 Å². The molecule has 33 heavy (non-hydrogen) atoms. The number of hydrogen-bond donors (Lipinski definition) is 1. The van der Waals surface area contributed by atoms with Gasteiger partial charge in [-0.25, -0.2) is 0 Å². The van der Waals surface area contributed by atoms with E-state index in [1.807, 2.05) is 13.8 Å². The van der Waals surface area contributed by atoms with Gasteiger partial charge in [0.25, 0.3) is 0 Å². The van der Waals surface area contributed by atoms with Crippen molar-refractivity contribution >= 4 is 5.78 Å². The second kappa shape index (κ2) is 7.81. The van der Waals surface area contributed by atoms with Crippen LogP contribution in [0.15, 0.2) is 23.3 Å². The van der Waals surface area contributed by atoms with Crippen LogP contribution in [-0.2, 0) is 4.79 Å². The van der Waals surface area contributed by atoms with Crippen LogP contribution in [-0.4, -0.2) is 16.5 Å². The van der Waals surface area contributed by atoms with E-state index in [0.29, 0.717) is 29.0 Å². The lowest BCUT2D eigenvalue weighted by molar-refractivity contribution is -0.138. The van der Waals surface area contributed by atoms with Crippen LogP contribution in [0.25, 0.3) is 0 Å². The number of carbonyl (C=O) groups excluding carboxylic acids is 1. The van der Waals surface area contributed by atoms with E-state index in [1.54, 1.807) is 11.1 Å². The first-order valence-corrected chi connectivity index (χ1v) is 13.8. The maximum Gasteiger partial charge on any atom is 0.138 e. The van der Waals surface area contributed by atoms with E-state index in [-0.39, 0.29) is 16.2 Å². The second-order valence-electron chi connectivity index (χ2n) is 14.3. The molecule has 0 amide bonds. The number of carbonyl (C=O) groups is 1. The maximum atomic E-state index is 12.8. The lowest BCUT2D eigenvalue weighted by atomic mass is 9.44. The first-order chi connectivity index (χ1) is 15.1. The molecule has 2 saturated carbocycles. The van der Waals surface area contributed by atoms with Gasteiger partial charge in [0.05, 0.1) is 5.60 Å². The van der Waals surface area contributed by atoms with Crippen LogP contribution in [0.5, 0.6) is 0 Å². The summed E-state index contributed by atoms with van der Waals surface area (Å²) in [7, 11) is 0. The topological polar surface area (TPSA) is 37.3 Å². The molecule has 0 heterocycles. The van der Waals surface area contributed by atoms with Gasteiger partial charge in [-0.1, -0.05) is 67.0 Å². The quantitative estimate of drug-likeness (QED) is 0.458. The lowest BCUT2D eigenvalue weighted by Gasteiger charge is -2.59. The molecule has 0 aromatic carbocycles. The Bertz CT molecular complexity index is 870. The van der Waals surface area contributed by atoms with Crippen molar-refractivity contribution in [3.05, 3.63) is 23.3 Å². The van der Waals surface area contributed by atoms with Gasteiger partial charge in [-0.05, 0) is 103 Å². The minimum absolute atomic E-state index is 0.137. The van der Waals surface area contributed by atoms with Crippen LogP contribution in [0.3, 0.4) is 0 Å². The van der Waals surface area contributed by atoms with Crippen LogP contribution in [0.4, 0.5) is 0 Å². The Morgan fingerprint density at radius 1 is 1.03 bits per heavy atom. The van der Waals surface area contributed by atoms with E-state index in [4.69, 9.17) is 0 Å². The molecule has 4 aliphatic carbocycles. The largest absolute Gasteiger partial charge is 0.390 e. The minimum atomic E-state index is -0.593. The number of allylic oxidation sites excluding steroid dienone is 4. The highest BCUT2D eigenvalue weighted by Crippen LogP contribution is 2.71. The molecule has 0 bridgehead atoms. The number of rotatable bonds is 5. The Morgan fingerprint density at radius 2 is 1.70 bits per heavy atom. The normalized spacial score (nSPS) is 41.9. The van der Waals surface area contributed by atoms with Gasteiger partial charge in [0.15, 0.2) is 0 Å². The average molecular weight is 455 g/mol. The third-order valence-electron chi connectivity index (χ3n) is 12.0. The fourth-order valence-corrected chi connectivity index (χ4v) is 8.83. The molecule has 0 aliphatic heterocycles. The van der Waals surface area contributed by atoms with Crippen molar-refractivity contribution in [2.24, 2.45) is 45.3 Å². The summed E-state index contributed by atoms with van der Waals surface area (Å²) in [6.45, 7) is 20.6. The van der Waals surface area contributed by atoms with Crippen molar-refractivity contribution in [1.29, 1.82) is 0 Å². The maximum absolute atomic E-state index is 12.8. The Labute approximate surface area is 203 Å². The molecule has 2 heteroatoms. The zero-order valence-electron chi connectivity index (χ0n) is 23.0. The Morgan fingerprint density at radius 3 is 2.33 bits per heavy atom. The number of Topliss-reactive ketones (excluding diaryl/α,β-unsaturated/α-hetero) is 1. The van der Waals surface area contributed by atoms with Crippen molar-refractivity contribution in [3.8, 4) is 0 Å². The van der Waals surface area contributed by atoms with Gasteiger partial charge < -0.3 is 5.11 Å². The van der Waals surface area contributed by atoms with Crippen LogP contribution in [0.2, 0.25) is 0 Å². The molecule has 4 rings (SSSR count). The van der Waals surface area contributed by atoms with Crippen LogP contribution in [0, 0.1) is 45.3 Å². The summed E-state index contributed by atoms with van der Waals surface area (Å²) in [6, 6.07) is 0. The van der Waals surface area contributed by atoms with Crippen LogP contribution < -0.4 is 0 Å². The fraction of sp³-hybridized carbons (Fsp3) is 0.839. The molecular formula is C31H50O2. The standard InChI is InChI=1S/C31H50O2/c1-20(10-11-21(2)28(5,6)33)22-14-18-31(9)24-12-13-25-27(3,4)26(32)16-17-29(25,7)23(24)15-19-30(22,31)8/h12,15,20-22,25,33H,10-11,13-14,16-19H2,1-9H3/t20-,21+,22-,25+,29-,30-,31+/m1/s1. The highest BCUT2D eigenvalue weighted by Gasteiger charge is 2.63. The van der Waals surface area contributed by atoms with Gasteiger partial charge in [0.2, 0.25) is 0 Å². The summed E-state index contributed by atoms with van der Waals surface area (Å²) < 4.78 is 0. The Balaban J connectivity index is 1.62. The van der Waals surface area contributed by atoms with Crippen LogP contribution >= 0.6 is 0 Å². The highest BCUT2D eigenvalue weighted by atomic mass is 16.3. The van der Waals surface area contributed by atoms with Crippen molar-refractivity contribution in [1.82, 2.24) is 0 Å². The van der Waals surface area contributed by atoms with Crippen LogP contribution in [0.1, 0.15) is 114 Å². The van der Waals surface area contributed by atoms with E-state index >= 15 is 0 Å². The number of fused-ring (bicyclic) bond motifs is 5. The second-order valence-corrected chi connectivity index (χ2v) is 14.3. The van der Waals surface area contributed by atoms with E-state index < -0.39 is 5.60 Å². The predicted molar refractivity (Wildman–Crippen MR) is 138 cm³/mol. The molecular weight excluding hydrogens is 404 g/mol. The third-order valence-corrected chi connectivity index (χ3v) is 12.0. The fourth-order valence-electron chi connectivity index (χ4n) is 8.83. The number of ketones is 1. The molecule has 0 radical (unpaired) electrons. The average Bonchev–Trinajstić information content (AvgIpc) is 3.00. The van der Waals surface area contributed by atoms with E-state index in [0.717, 1.165) is 31.6 Å². The van der Waals surface area contributed by atoms with E-state index in [9.17, 15) is 9.90 Å². The third kappa shape index (κ3) is 3.56. The van der Waals surface area contributed by atoms with Gasteiger partial charge in [-0.3, -0.25) is 4.79 Å². The summed E-state index contributed by atoms with van der Waals surface area (Å²) in [5.74, 6) is 2.62. The zero-order valence-corrected chi connectivity index (χ0v) is 23.0. The SMILES string of the molecule is C[C@H](CC[C@H](C)C(C)(C)O)[C@H]1CC[C@@]2(C)C3=CC[C@H]4C(C)(C)C(=O)CC[C@]4(C)C3=CC[C@]12C. The summed E-state index contributed by atoms with van der Waals surface area (Å²) >= 11 is 0. The first-order valence-electron chi connectivity index (χ1n) is 13.8. The summed E-state index contributed by atoms with van der Waals surface area (Å²) in [5.41, 5.74) is 3.09. The molecule has 0 unspecified atom stereocenters. The molecule has 2 fully saturated rings. The van der Waals surface area contributed by atoms with Gasteiger partial charge in [0, 0.05) is 11.8 Å². The molecule has 186 valence electrons. The minimum Gasteiger partial charge on any atom is -0.390 e. The van der Waals surface area contributed by atoms with Crippen molar-refractivity contribution in [2.45, 2.75) is 119 Å². The Kier molecular flexibility index (Phi) is 5.96. The van der Waals surface area contributed by atoms with Gasteiger partial charge >= 0.3 is 0 Å². The molecule has 0 aromatic rings. The number of hydrogen-bond acceptors (Lipinski definition) is 2. The zero-order chi connectivity index (χ0) is 24.6. The summed E-state index contributed by atoms with van der Waals surface area (Å²) in [4.78, 5) is 12.8. The molecule has 0 aromatic heterocycles. The molecule has 1 N–H and O–H groups in total. The molecule has 0 spiro atoms. The van der Waals surface area contributed by atoms with Gasteiger partial charge in [-0.15, -0.1) is 0 Å². The molecule has 0 saturated heterocycles. The first kappa shape index (κ1) is 25.2. The molecule has 2 nitrogen and oxygen atoms in total. The molecule has 4 aliphatic rings. The van der Waals surface area contributed by atoms with Crippen molar-refractivity contribution in [2.75, 3.05) is 0 Å². The van der Waals surface area contributed by atoms with Gasteiger partial charge in [-0.2, -0.15) is 0 Å². The van der Waals surface area contributed by atoms with Crippen molar-refractivity contribution in [3.63, 3.8) is 0 Å². The highest BCUT2D eigenvalue weighted by molar-refractivity contribution is 5.86. The smallest absolute Gasteiger partial charge is 0.138 e. The summed E-state index contributed by atoms with van der Waals surface area (Å²) in [5, 5.41) is 10.4. The van der Waals surface area contributed by atoms with Crippen molar-refractivity contribution < 1.29 is 9.90 Å². The predicted octanol–water partition coefficient (Wildman–Crippen LogP) is 7.90. The Hall–Kier alpha value is -0.890. The monoisotopic (exact) mass is 454 g/mol. The lowest BCUT2D eigenvalue weighted by Crippen LogP contribution is -2.53. The summed E-state index contributed by atoms with van der Waals surface area (Å²) in [6.07, 6.45) is 14.1.